The molecule has 2 aromatic rings. The first-order chi connectivity index (χ1) is 8.91. The topological polar surface area (TPSA) is 55.1 Å². The fourth-order valence-corrected chi connectivity index (χ4v) is 2.30. The van der Waals surface area contributed by atoms with E-state index in [9.17, 15) is 9.90 Å². The van der Waals surface area contributed by atoms with Crippen molar-refractivity contribution in [3.05, 3.63) is 41.2 Å². The van der Waals surface area contributed by atoms with Crippen LogP contribution in [0.15, 0.2) is 24.4 Å². The molecule has 0 amide bonds. The van der Waals surface area contributed by atoms with Gasteiger partial charge in [-0.1, -0.05) is 26.0 Å². The smallest absolute Gasteiger partial charge is 0.335 e. The first-order valence-corrected chi connectivity index (χ1v) is 6.28. The summed E-state index contributed by atoms with van der Waals surface area (Å²) >= 11 is 0. The van der Waals surface area contributed by atoms with E-state index in [0.29, 0.717) is 11.5 Å². The van der Waals surface area contributed by atoms with Crippen molar-refractivity contribution in [2.24, 2.45) is 7.05 Å². The highest BCUT2D eigenvalue weighted by molar-refractivity contribution is 5.92. The van der Waals surface area contributed by atoms with Crippen LogP contribution >= 0.6 is 0 Å². The van der Waals surface area contributed by atoms with Crippen LogP contribution in [0.5, 0.6) is 0 Å². The minimum Gasteiger partial charge on any atom is -0.478 e. The minimum absolute atomic E-state index is 0.295. The molecule has 0 bridgehead atoms. The summed E-state index contributed by atoms with van der Waals surface area (Å²) in [5, 5.41) is 13.7. The Bertz CT molecular complexity index is 627. The summed E-state index contributed by atoms with van der Waals surface area (Å²) in [6.07, 6.45) is 1.95. The van der Waals surface area contributed by atoms with Gasteiger partial charge >= 0.3 is 5.97 Å². The van der Waals surface area contributed by atoms with Crippen LogP contribution in [0, 0.1) is 6.92 Å². The second-order valence-electron chi connectivity index (χ2n) is 5.04. The van der Waals surface area contributed by atoms with E-state index < -0.39 is 5.97 Å². The highest BCUT2D eigenvalue weighted by Crippen LogP contribution is 2.31. The second-order valence-corrected chi connectivity index (χ2v) is 5.04. The number of carbonyl (C=O) groups is 1. The van der Waals surface area contributed by atoms with E-state index in [1.54, 1.807) is 16.8 Å². The third-order valence-corrected chi connectivity index (χ3v) is 3.26. The summed E-state index contributed by atoms with van der Waals surface area (Å²) in [6, 6.07) is 5.36. The van der Waals surface area contributed by atoms with Gasteiger partial charge in [-0.15, -0.1) is 0 Å². The van der Waals surface area contributed by atoms with Crippen LogP contribution in [0.2, 0.25) is 0 Å². The van der Waals surface area contributed by atoms with Gasteiger partial charge in [0.15, 0.2) is 0 Å². The SMILES string of the molecule is Cc1c(C(=O)O)cccc1-c1cn(C)nc1C(C)C. The molecule has 0 aliphatic heterocycles. The Morgan fingerprint density at radius 1 is 1.32 bits per heavy atom. The predicted molar refractivity (Wildman–Crippen MR) is 74.4 cm³/mol. The van der Waals surface area contributed by atoms with Gasteiger partial charge in [0.1, 0.15) is 0 Å². The van der Waals surface area contributed by atoms with E-state index in [4.69, 9.17) is 0 Å². The van der Waals surface area contributed by atoms with Crippen LogP contribution in [-0.4, -0.2) is 20.9 Å². The zero-order valence-corrected chi connectivity index (χ0v) is 11.6. The van der Waals surface area contributed by atoms with Gasteiger partial charge in [0.05, 0.1) is 11.3 Å². The molecule has 0 spiro atoms. The highest BCUT2D eigenvalue weighted by Gasteiger charge is 2.17. The number of carboxylic acids is 1. The number of aromatic carboxylic acids is 1. The molecule has 1 aromatic heterocycles. The number of aromatic nitrogens is 2. The van der Waals surface area contributed by atoms with Gasteiger partial charge in [-0.25, -0.2) is 4.79 Å². The Kier molecular flexibility index (Phi) is 3.42. The van der Waals surface area contributed by atoms with Crippen LogP contribution in [0.4, 0.5) is 0 Å². The summed E-state index contributed by atoms with van der Waals surface area (Å²) in [5.41, 5.74) is 4.07. The molecule has 0 aliphatic rings. The van der Waals surface area contributed by atoms with Crippen molar-refractivity contribution in [3.8, 4) is 11.1 Å². The zero-order chi connectivity index (χ0) is 14.2. The van der Waals surface area contributed by atoms with Crippen molar-refractivity contribution in [2.45, 2.75) is 26.7 Å². The van der Waals surface area contributed by atoms with Gasteiger partial charge in [0.2, 0.25) is 0 Å². The van der Waals surface area contributed by atoms with Gasteiger partial charge in [0.25, 0.3) is 0 Å². The van der Waals surface area contributed by atoms with E-state index in [1.165, 1.54) is 0 Å². The molecule has 0 saturated heterocycles. The molecule has 0 atom stereocenters. The third-order valence-electron chi connectivity index (χ3n) is 3.26. The molecule has 0 unspecified atom stereocenters. The van der Waals surface area contributed by atoms with Crippen molar-refractivity contribution in [2.75, 3.05) is 0 Å². The molecule has 1 heterocycles. The van der Waals surface area contributed by atoms with E-state index in [0.717, 1.165) is 22.4 Å². The Hall–Kier alpha value is -2.10. The Balaban J connectivity index is 2.66. The molecule has 1 N–H and O–H groups in total. The quantitative estimate of drug-likeness (QED) is 0.919. The fourth-order valence-electron chi connectivity index (χ4n) is 2.30. The standard InChI is InChI=1S/C15H18N2O2/c1-9(2)14-13(8-17(4)16-14)11-6-5-7-12(10(11)3)15(18)19/h5-9H,1-4H3,(H,18,19). The maximum absolute atomic E-state index is 11.2. The number of hydrogen-bond donors (Lipinski definition) is 1. The number of nitrogens with zero attached hydrogens (tertiary/aromatic N) is 2. The lowest BCUT2D eigenvalue weighted by Crippen LogP contribution is -2.01. The largest absolute Gasteiger partial charge is 0.478 e. The molecular weight excluding hydrogens is 240 g/mol. The average Bonchev–Trinajstić information content (AvgIpc) is 2.71. The molecule has 0 aliphatic carbocycles. The van der Waals surface area contributed by atoms with E-state index in [2.05, 4.69) is 18.9 Å². The lowest BCUT2D eigenvalue weighted by atomic mass is 9.94. The number of hydrogen-bond acceptors (Lipinski definition) is 2. The van der Waals surface area contributed by atoms with Crippen LogP contribution in [0.25, 0.3) is 11.1 Å². The van der Waals surface area contributed by atoms with Crippen molar-refractivity contribution < 1.29 is 9.90 Å². The lowest BCUT2D eigenvalue weighted by molar-refractivity contribution is 0.0696. The van der Waals surface area contributed by atoms with E-state index >= 15 is 0 Å². The lowest BCUT2D eigenvalue weighted by Gasteiger charge is -2.10. The Morgan fingerprint density at radius 2 is 2.00 bits per heavy atom. The van der Waals surface area contributed by atoms with Crippen molar-refractivity contribution in [1.82, 2.24) is 9.78 Å². The first kappa shape index (κ1) is 13.3. The second kappa shape index (κ2) is 4.88. The van der Waals surface area contributed by atoms with Crippen LogP contribution in [0.3, 0.4) is 0 Å². The molecule has 0 radical (unpaired) electrons. The molecule has 4 nitrogen and oxygen atoms in total. The highest BCUT2D eigenvalue weighted by atomic mass is 16.4. The van der Waals surface area contributed by atoms with Gasteiger partial charge in [0, 0.05) is 18.8 Å². The number of benzene rings is 1. The van der Waals surface area contributed by atoms with Crippen molar-refractivity contribution in [3.63, 3.8) is 0 Å². The number of carboxylic acid groups (broad SMARTS) is 1. The van der Waals surface area contributed by atoms with Crippen molar-refractivity contribution in [1.29, 1.82) is 0 Å². The van der Waals surface area contributed by atoms with Gasteiger partial charge < -0.3 is 5.11 Å². The molecule has 0 saturated carbocycles. The number of aryl methyl sites for hydroxylation is 1. The van der Waals surface area contributed by atoms with Crippen LogP contribution in [0.1, 0.15) is 41.4 Å². The van der Waals surface area contributed by atoms with Crippen molar-refractivity contribution >= 4 is 5.97 Å². The minimum atomic E-state index is -0.894. The summed E-state index contributed by atoms with van der Waals surface area (Å²) in [5.74, 6) is -0.599. The summed E-state index contributed by atoms with van der Waals surface area (Å²) in [6.45, 7) is 6.01. The summed E-state index contributed by atoms with van der Waals surface area (Å²) in [4.78, 5) is 11.2. The van der Waals surface area contributed by atoms with Gasteiger partial charge in [-0.3, -0.25) is 4.68 Å². The Labute approximate surface area is 112 Å². The van der Waals surface area contributed by atoms with Crippen LogP contribution < -0.4 is 0 Å². The van der Waals surface area contributed by atoms with Crippen LogP contribution in [-0.2, 0) is 7.05 Å². The summed E-state index contributed by atoms with van der Waals surface area (Å²) in [7, 11) is 1.88. The molecule has 19 heavy (non-hydrogen) atoms. The number of rotatable bonds is 3. The van der Waals surface area contributed by atoms with Gasteiger partial charge in [-0.05, 0) is 30.0 Å². The van der Waals surface area contributed by atoms with E-state index in [1.807, 2.05) is 26.2 Å². The normalized spacial score (nSPS) is 11.0. The molecule has 0 fully saturated rings. The third kappa shape index (κ3) is 2.38. The van der Waals surface area contributed by atoms with E-state index in [-0.39, 0.29) is 0 Å². The maximum Gasteiger partial charge on any atom is 0.335 e. The predicted octanol–water partition coefficient (Wildman–Crippen LogP) is 3.22. The Morgan fingerprint density at radius 3 is 2.58 bits per heavy atom. The molecule has 4 heteroatoms. The molecule has 1 aromatic carbocycles. The monoisotopic (exact) mass is 258 g/mol. The summed E-state index contributed by atoms with van der Waals surface area (Å²) < 4.78 is 1.78. The first-order valence-electron chi connectivity index (χ1n) is 6.28. The van der Waals surface area contributed by atoms with Gasteiger partial charge in [-0.2, -0.15) is 5.10 Å². The molecule has 100 valence electrons. The fraction of sp³-hybridized carbons (Fsp3) is 0.333. The molecule has 2 rings (SSSR count). The zero-order valence-electron chi connectivity index (χ0n) is 11.6. The average molecular weight is 258 g/mol. The molecular formula is C15H18N2O2. The maximum atomic E-state index is 11.2.